The van der Waals surface area contributed by atoms with Crippen molar-refractivity contribution in [2.24, 2.45) is 5.84 Å². The summed E-state index contributed by atoms with van der Waals surface area (Å²) >= 11 is 0. The first-order valence-corrected chi connectivity index (χ1v) is 3.85. The lowest BCUT2D eigenvalue weighted by Gasteiger charge is -2.04. The van der Waals surface area contributed by atoms with E-state index in [0.717, 1.165) is 16.7 Å². The van der Waals surface area contributed by atoms with Crippen LogP contribution in [-0.4, -0.2) is 10.9 Å². The fraction of sp³-hybridized carbons (Fsp3) is 0.222. The van der Waals surface area contributed by atoms with Gasteiger partial charge >= 0.3 is 0 Å². The van der Waals surface area contributed by atoms with Crippen molar-refractivity contribution < 1.29 is 4.79 Å². The van der Waals surface area contributed by atoms with Crippen molar-refractivity contribution in [1.29, 1.82) is 0 Å². The molecule has 1 aliphatic heterocycles. The first-order chi connectivity index (χ1) is 5.70. The summed E-state index contributed by atoms with van der Waals surface area (Å²) in [6.45, 7) is 2.53. The van der Waals surface area contributed by atoms with Gasteiger partial charge in [-0.05, 0) is 24.1 Å². The Labute approximate surface area is 70.8 Å². The highest BCUT2D eigenvalue weighted by Gasteiger charge is 2.25. The molecule has 0 aliphatic carbocycles. The normalized spacial score (nSPS) is 15.2. The molecule has 3 heteroatoms. The molecule has 1 aliphatic rings. The van der Waals surface area contributed by atoms with Gasteiger partial charge in [0.2, 0.25) is 0 Å². The van der Waals surface area contributed by atoms with Crippen LogP contribution in [0.3, 0.4) is 0 Å². The number of benzene rings is 1. The molecule has 12 heavy (non-hydrogen) atoms. The molecular formula is C9H10N2O. The van der Waals surface area contributed by atoms with E-state index in [4.69, 9.17) is 5.84 Å². The zero-order valence-electron chi connectivity index (χ0n) is 6.87. The van der Waals surface area contributed by atoms with Crippen LogP contribution in [0.1, 0.15) is 21.5 Å². The summed E-state index contributed by atoms with van der Waals surface area (Å²) in [7, 11) is 0. The van der Waals surface area contributed by atoms with Crippen LogP contribution >= 0.6 is 0 Å². The van der Waals surface area contributed by atoms with Crippen LogP contribution in [0.4, 0.5) is 0 Å². The third-order valence-corrected chi connectivity index (χ3v) is 2.23. The van der Waals surface area contributed by atoms with Crippen LogP contribution in [-0.2, 0) is 6.54 Å². The van der Waals surface area contributed by atoms with Gasteiger partial charge in [0.1, 0.15) is 0 Å². The molecule has 1 aromatic carbocycles. The van der Waals surface area contributed by atoms with Gasteiger partial charge in [-0.2, -0.15) is 0 Å². The number of aryl methyl sites for hydroxylation is 1. The van der Waals surface area contributed by atoms with E-state index in [-0.39, 0.29) is 5.91 Å². The quantitative estimate of drug-likeness (QED) is 0.453. The van der Waals surface area contributed by atoms with Crippen LogP contribution in [0.5, 0.6) is 0 Å². The van der Waals surface area contributed by atoms with Gasteiger partial charge in [0.15, 0.2) is 0 Å². The number of hydrogen-bond acceptors (Lipinski definition) is 2. The van der Waals surface area contributed by atoms with E-state index in [1.165, 1.54) is 5.01 Å². The number of hydrogen-bond donors (Lipinski definition) is 1. The molecule has 2 rings (SSSR count). The molecule has 1 heterocycles. The average molecular weight is 162 g/mol. The van der Waals surface area contributed by atoms with Crippen molar-refractivity contribution in [3.8, 4) is 0 Å². The largest absolute Gasteiger partial charge is 0.272 e. The molecule has 0 radical (unpaired) electrons. The maximum absolute atomic E-state index is 11.3. The van der Waals surface area contributed by atoms with Crippen molar-refractivity contribution in [3.63, 3.8) is 0 Å². The molecule has 2 N–H and O–H groups in total. The predicted octanol–water partition coefficient (Wildman–Crippen LogP) is 0.825. The summed E-state index contributed by atoms with van der Waals surface area (Å²) in [5.74, 6) is 5.41. The molecule has 0 unspecified atom stereocenters. The molecule has 1 aromatic rings. The number of hydrazine groups is 1. The summed E-state index contributed by atoms with van der Waals surface area (Å²) < 4.78 is 0. The van der Waals surface area contributed by atoms with Crippen LogP contribution in [0.15, 0.2) is 18.2 Å². The monoisotopic (exact) mass is 162 g/mol. The molecule has 0 aromatic heterocycles. The van der Waals surface area contributed by atoms with Crippen LogP contribution in [0.25, 0.3) is 0 Å². The Bertz CT molecular complexity index is 346. The number of carbonyl (C=O) groups excluding carboxylic acids is 1. The van der Waals surface area contributed by atoms with Crippen molar-refractivity contribution in [2.75, 3.05) is 0 Å². The third-order valence-electron chi connectivity index (χ3n) is 2.23. The van der Waals surface area contributed by atoms with Gasteiger partial charge in [0.25, 0.3) is 5.91 Å². The van der Waals surface area contributed by atoms with Gasteiger partial charge in [-0.15, -0.1) is 0 Å². The second-order valence-electron chi connectivity index (χ2n) is 3.03. The lowest BCUT2D eigenvalue weighted by molar-refractivity contribution is 0.0778. The van der Waals surface area contributed by atoms with Gasteiger partial charge in [-0.3, -0.25) is 9.80 Å². The lowest BCUT2D eigenvalue weighted by Crippen LogP contribution is -2.30. The van der Waals surface area contributed by atoms with Crippen LogP contribution in [0.2, 0.25) is 0 Å². The summed E-state index contributed by atoms with van der Waals surface area (Å²) in [6.07, 6.45) is 0. The molecule has 0 bridgehead atoms. The maximum Gasteiger partial charge on any atom is 0.268 e. The van der Waals surface area contributed by atoms with E-state index < -0.39 is 0 Å². The van der Waals surface area contributed by atoms with E-state index in [9.17, 15) is 4.79 Å². The fourth-order valence-electron chi connectivity index (χ4n) is 1.51. The van der Waals surface area contributed by atoms with Crippen molar-refractivity contribution in [1.82, 2.24) is 5.01 Å². The van der Waals surface area contributed by atoms with E-state index in [1.54, 1.807) is 0 Å². The second kappa shape index (κ2) is 2.32. The summed E-state index contributed by atoms with van der Waals surface area (Å²) in [5, 5.41) is 1.25. The van der Waals surface area contributed by atoms with Crippen LogP contribution in [0, 0.1) is 6.92 Å². The Balaban J connectivity index is 2.61. The lowest BCUT2D eigenvalue weighted by atomic mass is 10.1. The highest BCUT2D eigenvalue weighted by atomic mass is 16.2. The van der Waals surface area contributed by atoms with Crippen molar-refractivity contribution in [3.05, 3.63) is 34.9 Å². The Morgan fingerprint density at radius 1 is 1.50 bits per heavy atom. The predicted molar refractivity (Wildman–Crippen MR) is 45.2 cm³/mol. The smallest absolute Gasteiger partial charge is 0.268 e. The number of fused-ring (bicyclic) bond motifs is 1. The summed E-state index contributed by atoms with van der Waals surface area (Å²) in [6, 6.07) is 5.69. The Morgan fingerprint density at radius 3 is 2.92 bits per heavy atom. The number of carbonyl (C=O) groups is 1. The van der Waals surface area contributed by atoms with Gasteiger partial charge in [0.05, 0.1) is 6.54 Å². The maximum atomic E-state index is 11.3. The Morgan fingerprint density at radius 2 is 2.25 bits per heavy atom. The summed E-state index contributed by atoms with van der Waals surface area (Å²) in [4.78, 5) is 11.3. The standard InChI is InChI=1S/C9H10N2O/c1-6-3-2-4-7-8(6)5-11(10)9(7)12/h2-4H,5,10H2,1H3. The number of rotatable bonds is 0. The van der Waals surface area contributed by atoms with Gasteiger partial charge < -0.3 is 0 Å². The molecule has 0 fully saturated rings. The molecule has 0 spiro atoms. The molecule has 3 nitrogen and oxygen atoms in total. The number of amides is 1. The minimum absolute atomic E-state index is 0.0753. The van der Waals surface area contributed by atoms with E-state index >= 15 is 0 Å². The highest BCUT2D eigenvalue weighted by molar-refractivity contribution is 5.98. The molecular weight excluding hydrogens is 152 g/mol. The second-order valence-corrected chi connectivity index (χ2v) is 3.03. The SMILES string of the molecule is Cc1cccc2c1CN(N)C2=O. The van der Waals surface area contributed by atoms with Crippen molar-refractivity contribution in [2.45, 2.75) is 13.5 Å². The average Bonchev–Trinajstić information content (AvgIpc) is 2.32. The zero-order valence-corrected chi connectivity index (χ0v) is 6.87. The first-order valence-electron chi connectivity index (χ1n) is 3.85. The highest BCUT2D eigenvalue weighted by Crippen LogP contribution is 2.22. The molecule has 1 amide bonds. The van der Waals surface area contributed by atoms with Crippen LogP contribution < -0.4 is 5.84 Å². The van der Waals surface area contributed by atoms with E-state index in [2.05, 4.69) is 0 Å². The van der Waals surface area contributed by atoms with E-state index in [1.807, 2.05) is 25.1 Å². The molecule has 62 valence electrons. The zero-order chi connectivity index (χ0) is 8.72. The molecule has 0 saturated carbocycles. The third kappa shape index (κ3) is 0.833. The van der Waals surface area contributed by atoms with E-state index in [0.29, 0.717) is 6.54 Å². The van der Waals surface area contributed by atoms with Gasteiger partial charge in [0, 0.05) is 5.56 Å². The Hall–Kier alpha value is -1.35. The number of nitrogens with zero attached hydrogens (tertiary/aromatic N) is 1. The fourth-order valence-corrected chi connectivity index (χ4v) is 1.51. The van der Waals surface area contributed by atoms with Gasteiger partial charge in [-0.1, -0.05) is 12.1 Å². The summed E-state index contributed by atoms with van der Waals surface area (Å²) in [5.41, 5.74) is 2.94. The minimum Gasteiger partial charge on any atom is -0.272 e. The first kappa shape index (κ1) is 7.31. The molecule has 0 atom stereocenters. The topological polar surface area (TPSA) is 46.3 Å². The van der Waals surface area contributed by atoms with Gasteiger partial charge in [-0.25, -0.2) is 5.84 Å². The Kier molecular flexibility index (Phi) is 1.41. The minimum atomic E-state index is -0.0753. The number of nitrogens with two attached hydrogens (primary N) is 1. The van der Waals surface area contributed by atoms with Crippen molar-refractivity contribution >= 4 is 5.91 Å². The molecule has 0 saturated heterocycles.